The topological polar surface area (TPSA) is 193 Å². The summed E-state index contributed by atoms with van der Waals surface area (Å²) in [5, 5.41) is 15.9. The Bertz CT molecular complexity index is 1370. The molecule has 5 atom stereocenters. The fourth-order valence-corrected chi connectivity index (χ4v) is 7.08. The van der Waals surface area contributed by atoms with E-state index >= 15 is 0 Å². The number of carboxylic acid groups (broad SMARTS) is 1. The van der Waals surface area contributed by atoms with Crippen LogP contribution < -0.4 is 16.4 Å². The number of allylic oxidation sites excluding steroid dienone is 1. The van der Waals surface area contributed by atoms with Crippen molar-refractivity contribution < 1.29 is 38.6 Å². The Kier molecular flexibility index (Phi) is 9.28. The number of thiazole rings is 1. The maximum atomic E-state index is 14.1. The number of carboxylic acids is 1. The molecular formula is C30H42N6O8S. The number of alkyl carbamates (subject to hydrolysis) is 1. The summed E-state index contributed by atoms with van der Waals surface area (Å²) < 4.78 is 11.2. The van der Waals surface area contributed by atoms with Crippen LogP contribution in [0.2, 0.25) is 0 Å². The molecule has 14 nitrogen and oxygen atoms in total. The van der Waals surface area contributed by atoms with Gasteiger partial charge < -0.3 is 40.7 Å². The zero-order valence-corrected chi connectivity index (χ0v) is 26.7. The van der Waals surface area contributed by atoms with Gasteiger partial charge in [-0.2, -0.15) is 0 Å². The Labute approximate surface area is 265 Å². The fourth-order valence-electron chi connectivity index (χ4n) is 6.19. The number of fused-ring (bicyclic) bond motifs is 3. The number of nitrogens with zero attached hydrogens (tertiary/aromatic N) is 3. The number of aromatic nitrogens is 1. The Balaban J connectivity index is 1.36. The summed E-state index contributed by atoms with van der Waals surface area (Å²) >= 11 is 1.32. The summed E-state index contributed by atoms with van der Waals surface area (Å²) in [7, 11) is 0. The van der Waals surface area contributed by atoms with Crippen LogP contribution in [0.5, 0.6) is 0 Å². The van der Waals surface area contributed by atoms with Crippen LogP contribution in [0.15, 0.2) is 12.2 Å². The van der Waals surface area contributed by atoms with E-state index in [1.54, 1.807) is 20.8 Å². The van der Waals surface area contributed by atoms with Crippen molar-refractivity contribution in [2.24, 2.45) is 5.92 Å². The normalized spacial score (nSPS) is 29.6. The molecule has 1 aromatic heterocycles. The number of carbonyl (C=O) groups is 5. The van der Waals surface area contributed by atoms with Crippen LogP contribution >= 0.6 is 11.3 Å². The molecule has 4 amide bonds. The molecule has 0 bridgehead atoms. The van der Waals surface area contributed by atoms with Crippen molar-refractivity contribution >= 4 is 46.4 Å². The number of rotatable bonds is 3. The van der Waals surface area contributed by atoms with Gasteiger partial charge in [-0.3, -0.25) is 9.59 Å². The summed E-state index contributed by atoms with van der Waals surface area (Å²) in [5.74, 6) is -2.68. The van der Waals surface area contributed by atoms with Gasteiger partial charge in [0.25, 0.3) is 0 Å². The van der Waals surface area contributed by atoms with Gasteiger partial charge in [-0.15, -0.1) is 11.3 Å². The Morgan fingerprint density at radius 3 is 2.73 bits per heavy atom. The second-order valence-corrected chi connectivity index (χ2v) is 14.3. The first kappa shape index (κ1) is 32.5. The summed E-state index contributed by atoms with van der Waals surface area (Å²) in [6, 6.07) is -2.11. The number of aliphatic carboxylic acids is 1. The predicted octanol–water partition coefficient (Wildman–Crippen LogP) is 2.56. The highest BCUT2D eigenvalue weighted by molar-refractivity contribution is 7.15. The van der Waals surface area contributed by atoms with Crippen LogP contribution in [-0.4, -0.2) is 92.3 Å². The zero-order valence-electron chi connectivity index (χ0n) is 25.9. The van der Waals surface area contributed by atoms with Gasteiger partial charge >= 0.3 is 18.2 Å². The zero-order chi connectivity index (χ0) is 32.5. The second kappa shape index (κ2) is 12.9. The van der Waals surface area contributed by atoms with E-state index in [1.807, 2.05) is 12.2 Å². The van der Waals surface area contributed by atoms with Gasteiger partial charge in [0.15, 0.2) is 5.13 Å². The number of hydrogen-bond donors (Lipinski definition) is 4. The van der Waals surface area contributed by atoms with E-state index in [-0.39, 0.29) is 25.3 Å². The Morgan fingerprint density at radius 1 is 1.22 bits per heavy atom. The Hall–Kier alpha value is -3.88. The van der Waals surface area contributed by atoms with Gasteiger partial charge in [-0.1, -0.05) is 25.0 Å². The molecule has 1 saturated heterocycles. The third-order valence-corrected chi connectivity index (χ3v) is 9.50. The SMILES string of the molecule is CC(C)(C)OC(=O)N[C@H]1CCCCC/C=C\[C@H]2C[C@@]2(C(=O)O)NC(=O)[C@@H]2C[C@@H](OC(=O)N3CCc4nc(N)sc4C3)CN2C1=O. The maximum Gasteiger partial charge on any atom is 0.410 e. The van der Waals surface area contributed by atoms with E-state index in [2.05, 4.69) is 15.6 Å². The van der Waals surface area contributed by atoms with E-state index in [9.17, 15) is 29.1 Å². The minimum atomic E-state index is -1.46. The minimum absolute atomic E-state index is 0.0225. The number of nitrogens with one attached hydrogen (secondary N) is 2. The summed E-state index contributed by atoms with van der Waals surface area (Å²) in [6.45, 7) is 5.73. The number of amides is 4. The number of ether oxygens (including phenoxy) is 2. The number of carbonyl (C=O) groups excluding carboxylic acids is 4. The molecule has 5 N–H and O–H groups in total. The highest BCUT2D eigenvalue weighted by atomic mass is 32.1. The molecular weight excluding hydrogens is 604 g/mol. The third-order valence-electron chi connectivity index (χ3n) is 8.59. The lowest BCUT2D eigenvalue weighted by Gasteiger charge is -2.30. The summed E-state index contributed by atoms with van der Waals surface area (Å²) in [5.41, 5.74) is 4.44. The molecule has 3 aliphatic heterocycles. The summed E-state index contributed by atoms with van der Waals surface area (Å²) in [6.07, 6.45) is 5.61. The van der Waals surface area contributed by atoms with Crippen LogP contribution in [0.3, 0.4) is 0 Å². The fraction of sp³-hybridized carbons (Fsp3) is 0.667. The van der Waals surface area contributed by atoms with Crippen molar-refractivity contribution in [2.75, 3.05) is 18.8 Å². The second-order valence-electron chi connectivity index (χ2n) is 13.2. The lowest BCUT2D eigenvalue weighted by Crippen LogP contribution is -2.56. The molecule has 45 heavy (non-hydrogen) atoms. The maximum absolute atomic E-state index is 14.1. The average molecular weight is 647 g/mol. The van der Waals surface area contributed by atoms with Crippen LogP contribution in [0.1, 0.15) is 76.3 Å². The first-order valence-electron chi connectivity index (χ1n) is 15.5. The van der Waals surface area contributed by atoms with E-state index in [4.69, 9.17) is 15.2 Å². The molecule has 0 radical (unpaired) electrons. The minimum Gasteiger partial charge on any atom is -0.479 e. The quantitative estimate of drug-likeness (QED) is 0.355. The van der Waals surface area contributed by atoms with Crippen molar-refractivity contribution in [1.29, 1.82) is 0 Å². The molecule has 4 aliphatic rings. The van der Waals surface area contributed by atoms with Gasteiger partial charge in [0.05, 0.1) is 18.8 Å². The molecule has 0 aromatic carbocycles. The Morgan fingerprint density at radius 2 is 2.00 bits per heavy atom. The number of hydrogen-bond acceptors (Lipinski definition) is 10. The molecule has 0 spiro atoms. The largest absolute Gasteiger partial charge is 0.479 e. The van der Waals surface area contributed by atoms with Crippen molar-refractivity contribution in [1.82, 2.24) is 25.4 Å². The number of nitrogen functional groups attached to an aromatic ring is 1. The van der Waals surface area contributed by atoms with Crippen LogP contribution in [0.25, 0.3) is 0 Å². The first-order valence-corrected chi connectivity index (χ1v) is 16.3. The highest BCUT2D eigenvalue weighted by Gasteiger charge is 2.61. The first-order chi connectivity index (χ1) is 21.3. The van der Waals surface area contributed by atoms with Crippen molar-refractivity contribution in [3.63, 3.8) is 0 Å². The molecule has 0 unspecified atom stereocenters. The van der Waals surface area contributed by atoms with Crippen LogP contribution in [-0.2, 0) is 36.8 Å². The van der Waals surface area contributed by atoms with Crippen molar-refractivity contribution in [3.05, 3.63) is 22.7 Å². The number of nitrogens with two attached hydrogens (primary N) is 1. The molecule has 1 aromatic rings. The molecule has 5 rings (SSSR count). The molecule has 1 saturated carbocycles. The lowest BCUT2D eigenvalue weighted by molar-refractivity contribution is -0.145. The van der Waals surface area contributed by atoms with Crippen molar-refractivity contribution in [2.45, 2.75) is 108 Å². The smallest absolute Gasteiger partial charge is 0.410 e. The molecule has 15 heteroatoms. The average Bonchev–Trinajstić information content (AvgIpc) is 3.28. The van der Waals surface area contributed by atoms with Gasteiger partial charge in [0, 0.05) is 30.2 Å². The van der Waals surface area contributed by atoms with Crippen molar-refractivity contribution in [3.8, 4) is 0 Å². The lowest BCUT2D eigenvalue weighted by atomic mass is 10.0. The summed E-state index contributed by atoms with van der Waals surface area (Å²) in [4.78, 5) is 74.1. The van der Waals surface area contributed by atoms with Crippen LogP contribution in [0, 0.1) is 5.92 Å². The van der Waals surface area contributed by atoms with E-state index in [0.717, 1.165) is 29.8 Å². The monoisotopic (exact) mass is 646 g/mol. The highest BCUT2D eigenvalue weighted by Crippen LogP contribution is 2.45. The standard InChI is InChI=1S/C30H42N6O8S/c1-29(2,3)44-27(41)33-20-10-8-6-4-5-7-9-17-14-30(17,25(39)40)34-23(37)21-13-18(15-36(21)24(20)38)43-28(42)35-12-11-19-22(16-35)45-26(31)32-19/h7,9,17-18,20-21H,4-6,8,10-16H2,1-3H3,(H2,31,32)(H,33,41)(H,34,37)(H,39,40)/b9-7-/t17-,18+,20-,21-,30+/m0/s1. The van der Waals surface area contributed by atoms with Gasteiger partial charge in [0.1, 0.15) is 29.3 Å². The van der Waals surface area contributed by atoms with E-state index < -0.39 is 59.3 Å². The van der Waals surface area contributed by atoms with E-state index in [1.165, 1.54) is 21.1 Å². The van der Waals surface area contributed by atoms with Gasteiger partial charge in [0.2, 0.25) is 11.8 Å². The van der Waals surface area contributed by atoms with Crippen LogP contribution in [0.4, 0.5) is 14.7 Å². The molecule has 246 valence electrons. The van der Waals surface area contributed by atoms with Gasteiger partial charge in [-0.05, 0) is 46.5 Å². The molecule has 2 fully saturated rings. The molecule has 1 aliphatic carbocycles. The molecule has 4 heterocycles. The predicted molar refractivity (Wildman–Crippen MR) is 163 cm³/mol. The third kappa shape index (κ3) is 7.51. The van der Waals surface area contributed by atoms with E-state index in [0.29, 0.717) is 37.5 Å². The number of anilines is 1. The van der Waals surface area contributed by atoms with Gasteiger partial charge in [-0.25, -0.2) is 19.4 Å².